The molecule has 3 heteroatoms. The number of aryl methyl sites for hydroxylation is 1. The van der Waals surface area contributed by atoms with Crippen LogP contribution in [0.1, 0.15) is 69.6 Å². The predicted molar refractivity (Wildman–Crippen MR) is 96.6 cm³/mol. The summed E-state index contributed by atoms with van der Waals surface area (Å²) in [5.74, 6) is 0. The lowest BCUT2D eigenvalue weighted by Gasteiger charge is -2.25. The van der Waals surface area contributed by atoms with Crippen molar-refractivity contribution in [1.29, 1.82) is 0 Å². The minimum Gasteiger partial charge on any atom is -0.387 e. The van der Waals surface area contributed by atoms with E-state index in [4.69, 9.17) is 11.6 Å². The number of nitrogens with zero attached hydrogens (tertiary/aromatic N) is 1. The van der Waals surface area contributed by atoms with Crippen LogP contribution in [0.4, 0.5) is 0 Å². The van der Waals surface area contributed by atoms with E-state index in [9.17, 15) is 5.11 Å². The molecule has 126 valence electrons. The molecule has 1 aromatic rings. The minimum absolute atomic E-state index is 0.457. The van der Waals surface area contributed by atoms with E-state index in [1.54, 1.807) is 0 Å². The normalized spacial score (nSPS) is 12.8. The van der Waals surface area contributed by atoms with Crippen LogP contribution in [0.15, 0.2) is 18.2 Å². The molecule has 0 saturated heterocycles. The summed E-state index contributed by atoms with van der Waals surface area (Å²) in [7, 11) is 0. The maximum atomic E-state index is 10.5. The molecule has 1 unspecified atom stereocenters. The van der Waals surface area contributed by atoms with Crippen LogP contribution in [0.25, 0.3) is 0 Å². The fraction of sp³-hybridized carbons (Fsp3) is 0.684. The van der Waals surface area contributed by atoms with E-state index in [-0.39, 0.29) is 0 Å². The third kappa shape index (κ3) is 7.13. The first kappa shape index (κ1) is 19.5. The lowest BCUT2D eigenvalue weighted by molar-refractivity contribution is 0.110. The third-order valence-electron chi connectivity index (χ3n) is 4.17. The highest BCUT2D eigenvalue weighted by molar-refractivity contribution is 6.31. The van der Waals surface area contributed by atoms with Gasteiger partial charge in [-0.1, -0.05) is 63.3 Å². The van der Waals surface area contributed by atoms with Crippen molar-refractivity contribution < 1.29 is 5.11 Å². The number of aliphatic hydroxyl groups is 1. The Labute approximate surface area is 141 Å². The van der Waals surface area contributed by atoms with Gasteiger partial charge in [0.15, 0.2) is 0 Å². The quantitative estimate of drug-likeness (QED) is 0.553. The molecule has 1 atom stereocenters. The molecule has 2 nitrogen and oxygen atoms in total. The summed E-state index contributed by atoms with van der Waals surface area (Å²) < 4.78 is 0. The van der Waals surface area contributed by atoms with Crippen LogP contribution in [0.2, 0.25) is 5.02 Å². The minimum atomic E-state index is -0.457. The summed E-state index contributed by atoms with van der Waals surface area (Å²) in [5, 5.41) is 11.3. The number of unbranched alkanes of at least 4 members (excludes halogenated alkanes) is 4. The van der Waals surface area contributed by atoms with Gasteiger partial charge in [-0.2, -0.15) is 0 Å². The van der Waals surface area contributed by atoms with Crippen molar-refractivity contribution in [1.82, 2.24) is 4.90 Å². The van der Waals surface area contributed by atoms with Crippen LogP contribution < -0.4 is 0 Å². The van der Waals surface area contributed by atoms with E-state index in [2.05, 4.69) is 18.7 Å². The standard InChI is InChI=1S/C19H32ClNO/c1-4-6-8-12-21(13-9-7-5-2)15-19(22)17-11-10-16(3)18(20)14-17/h10-11,14,19,22H,4-9,12-13,15H2,1-3H3. The Bertz CT molecular complexity index is 412. The first-order valence-electron chi connectivity index (χ1n) is 8.75. The molecule has 0 spiro atoms. The fourth-order valence-corrected chi connectivity index (χ4v) is 2.82. The Morgan fingerprint density at radius 2 is 1.64 bits per heavy atom. The molecule has 1 aromatic carbocycles. The van der Waals surface area contributed by atoms with Crippen molar-refractivity contribution in [3.63, 3.8) is 0 Å². The van der Waals surface area contributed by atoms with E-state index in [1.165, 1.54) is 38.5 Å². The Balaban J connectivity index is 2.58. The average molecular weight is 326 g/mol. The SMILES string of the molecule is CCCCCN(CCCCC)CC(O)c1ccc(C)c(Cl)c1. The number of benzene rings is 1. The van der Waals surface area contributed by atoms with E-state index in [0.717, 1.165) is 29.2 Å². The number of aliphatic hydroxyl groups excluding tert-OH is 1. The molecular formula is C19H32ClNO. The first-order chi connectivity index (χ1) is 10.6. The monoisotopic (exact) mass is 325 g/mol. The molecule has 0 aliphatic rings. The zero-order chi connectivity index (χ0) is 16.4. The zero-order valence-corrected chi connectivity index (χ0v) is 15.2. The number of hydrogen-bond donors (Lipinski definition) is 1. The highest BCUT2D eigenvalue weighted by Gasteiger charge is 2.14. The van der Waals surface area contributed by atoms with Gasteiger partial charge in [-0.25, -0.2) is 0 Å². The highest BCUT2D eigenvalue weighted by Crippen LogP contribution is 2.22. The van der Waals surface area contributed by atoms with E-state index in [1.807, 2.05) is 25.1 Å². The molecule has 0 amide bonds. The fourth-order valence-electron chi connectivity index (χ4n) is 2.63. The van der Waals surface area contributed by atoms with Crippen molar-refractivity contribution in [3.8, 4) is 0 Å². The Morgan fingerprint density at radius 3 is 2.14 bits per heavy atom. The van der Waals surface area contributed by atoms with Gasteiger partial charge >= 0.3 is 0 Å². The van der Waals surface area contributed by atoms with Gasteiger partial charge in [0, 0.05) is 11.6 Å². The maximum Gasteiger partial charge on any atom is 0.0917 e. The topological polar surface area (TPSA) is 23.5 Å². The van der Waals surface area contributed by atoms with Gasteiger partial charge in [0.25, 0.3) is 0 Å². The summed E-state index contributed by atoms with van der Waals surface area (Å²) in [5.41, 5.74) is 1.98. The highest BCUT2D eigenvalue weighted by atomic mass is 35.5. The maximum absolute atomic E-state index is 10.5. The Morgan fingerprint density at radius 1 is 1.05 bits per heavy atom. The number of rotatable bonds is 11. The summed E-state index contributed by atoms with van der Waals surface area (Å²) in [6, 6.07) is 5.87. The molecule has 0 heterocycles. The number of halogens is 1. The molecule has 0 aliphatic carbocycles. The molecule has 0 aliphatic heterocycles. The van der Waals surface area contributed by atoms with Crippen molar-refractivity contribution in [2.45, 2.75) is 65.4 Å². The largest absolute Gasteiger partial charge is 0.387 e. The van der Waals surface area contributed by atoms with Gasteiger partial charge in [-0.05, 0) is 50.0 Å². The average Bonchev–Trinajstić information content (AvgIpc) is 2.50. The second kappa shape index (κ2) is 11.0. The van der Waals surface area contributed by atoms with Crippen LogP contribution >= 0.6 is 11.6 Å². The molecule has 1 rings (SSSR count). The number of hydrogen-bond acceptors (Lipinski definition) is 2. The summed E-state index contributed by atoms with van der Waals surface area (Å²) in [4.78, 5) is 2.41. The molecule has 0 radical (unpaired) electrons. The van der Waals surface area contributed by atoms with Gasteiger partial charge in [0.2, 0.25) is 0 Å². The Hall–Kier alpha value is -0.570. The van der Waals surface area contributed by atoms with Gasteiger partial charge in [0.1, 0.15) is 0 Å². The third-order valence-corrected chi connectivity index (χ3v) is 4.57. The van der Waals surface area contributed by atoms with Crippen LogP contribution in [0.5, 0.6) is 0 Å². The zero-order valence-electron chi connectivity index (χ0n) is 14.4. The lowest BCUT2D eigenvalue weighted by Crippen LogP contribution is -2.31. The van der Waals surface area contributed by atoms with E-state index < -0.39 is 6.10 Å². The molecule has 22 heavy (non-hydrogen) atoms. The molecule has 0 fully saturated rings. The summed E-state index contributed by atoms with van der Waals surface area (Å²) in [6.45, 7) is 9.30. The van der Waals surface area contributed by atoms with Crippen molar-refractivity contribution in [2.24, 2.45) is 0 Å². The smallest absolute Gasteiger partial charge is 0.0917 e. The van der Waals surface area contributed by atoms with Crippen molar-refractivity contribution in [2.75, 3.05) is 19.6 Å². The predicted octanol–water partition coefficient (Wildman–Crippen LogP) is 5.36. The molecule has 1 N–H and O–H groups in total. The van der Waals surface area contributed by atoms with Crippen LogP contribution in [0.3, 0.4) is 0 Å². The second-order valence-corrected chi connectivity index (χ2v) is 6.65. The van der Waals surface area contributed by atoms with Crippen molar-refractivity contribution >= 4 is 11.6 Å². The van der Waals surface area contributed by atoms with E-state index >= 15 is 0 Å². The second-order valence-electron chi connectivity index (χ2n) is 6.24. The lowest BCUT2D eigenvalue weighted by atomic mass is 10.1. The van der Waals surface area contributed by atoms with Crippen LogP contribution in [0, 0.1) is 6.92 Å². The van der Waals surface area contributed by atoms with Crippen molar-refractivity contribution in [3.05, 3.63) is 34.3 Å². The van der Waals surface area contributed by atoms with Crippen LogP contribution in [-0.2, 0) is 0 Å². The summed E-state index contributed by atoms with van der Waals surface area (Å²) >= 11 is 6.17. The van der Waals surface area contributed by atoms with Gasteiger partial charge < -0.3 is 10.0 Å². The van der Waals surface area contributed by atoms with Gasteiger partial charge in [-0.3, -0.25) is 0 Å². The van der Waals surface area contributed by atoms with Crippen LogP contribution in [-0.4, -0.2) is 29.6 Å². The molecule has 0 saturated carbocycles. The van der Waals surface area contributed by atoms with Gasteiger partial charge in [0.05, 0.1) is 6.10 Å². The first-order valence-corrected chi connectivity index (χ1v) is 9.12. The Kier molecular flexibility index (Phi) is 9.77. The summed E-state index contributed by atoms with van der Waals surface area (Å²) in [6.07, 6.45) is 6.96. The molecular weight excluding hydrogens is 294 g/mol. The molecule has 0 aromatic heterocycles. The van der Waals surface area contributed by atoms with E-state index in [0.29, 0.717) is 6.54 Å². The van der Waals surface area contributed by atoms with Gasteiger partial charge in [-0.15, -0.1) is 0 Å². The molecule has 0 bridgehead atoms.